The highest BCUT2D eigenvalue weighted by Gasteiger charge is 2.39. The van der Waals surface area contributed by atoms with Crippen LogP contribution in [-0.4, -0.2) is 44.4 Å². The Morgan fingerprint density at radius 1 is 1.03 bits per heavy atom. The van der Waals surface area contributed by atoms with Crippen molar-refractivity contribution in [2.75, 3.05) is 6.54 Å². The minimum atomic E-state index is -0.295. The van der Waals surface area contributed by atoms with Gasteiger partial charge in [0.1, 0.15) is 5.69 Å². The predicted molar refractivity (Wildman–Crippen MR) is 137 cm³/mol. The van der Waals surface area contributed by atoms with Gasteiger partial charge in [0.05, 0.1) is 6.04 Å². The lowest BCUT2D eigenvalue weighted by molar-refractivity contribution is 0.0835. The average molecular weight is 483 g/mol. The van der Waals surface area contributed by atoms with E-state index in [9.17, 15) is 9.59 Å². The Labute approximate surface area is 211 Å². The minimum absolute atomic E-state index is 0.0364. The number of hydrogen-bond donors (Lipinski definition) is 1. The third kappa shape index (κ3) is 4.49. The minimum Gasteiger partial charge on any atom is -0.360 e. The van der Waals surface area contributed by atoms with Crippen LogP contribution >= 0.6 is 0 Å². The smallest absolute Gasteiger partial charge is 0.360 e. The summed E-state index contributed by atoms with van der Waals surface area (Å²) in [4.78, 5) is 32.3. The molecule has 3 aromatic rings. The van der Waals surface area contributed by atoms with Crippen molar-refractivity contribution in [1.29, 1.82) is 0 Å². The molecule has 184 valence electrons. The molecule has 1 saturated heterocycles. The molecule has 2 unspecified atom stereocenters. The lowest BCUT2D eigenvalue weighted by Crippen LogP contribution is -2.51. The van der Waals surface area contributed by atoms with E-state index in [2.05, 4.69) is 20.5 Å². The summed E-state index contributed by atoms with van der Waals surface area (Å²) in [5.41, 5.74) is 2.10. The first-order chi connectivity index (χ1) is 17.6. The van der Waals surface area contributed by atoms with Crippen LogP contribution in [-0.2, 0) is 0 Å². The van der Waals surface area contributed by atoms with Gasteiger partial charge in [0, 0.05) is 28.9 Å². The Kier molecular flexibility index (Phi) is 6.81. The molecule has 2 fully saturated rings. The number of fused-ring (bicyclic) bond motifs is 1. The quantitative estimate of drug-likeness (QED) is 0.490. The highest BCUT2D eigenvalue weighted by Crippen LogP contribution is 2.37. The van der Waals surface area contributed by atoms with E-state index in [1.54, 1.807) is 24.3 Å². The van der Waals surface area contributed by atoms with Crippen molar-refractivity contribution in [2.24, 2.45) is 5.92 Å². The van der Waals surface area contributed by atoms with E-state index in [4.69, 9.17) is 6.57 Å². The number of likely N-dealkylation sites (tertiary alicyclic amines) is 1. The first-order valence-electron chi connectivity index (χ1n) is 12.7. The molecule has 5 rings (SSSR count). The molecule has 3 atom stereocenters. The van der Waals surface area contributed by atoms with E-state index in [1.165, 1.54) is 6.42 Å². The number of amides is 2. The van der Waals surface area contributed by atoms with E-state index in [1.807, 2.05) is 42.2 Å². The van der Waals surface area contributed by atoms with Gasteiger partial charge >= 0.3 is 6.03 Å². The summed E-state index contributed by atoms with van der Waals surface area (Å²) in [6.07, 6.45) is 6.59. The zero-order valence-electron chi connectivity index (χ0n) is 20.4. The Balaban J connectivity index is 1.43. The van der Waals surface area contributed by atoms with Gasteiger partial charge in [0.25, 0.3) is 11.7 Å². The molecule has 0 spiro atoms. The first kappa shape index (κ1) is 23.7. The van der Waals surface area contributed by atoms with Crippen molar-refractivity contribution in [1.82, 2.24) is 25.2 Å². The third-order valence-corrected chi connectivity index (χ3v) is 7.50. The topological polar surface area (TPSA) is 84.5 Å². The van der Waals surface area contributed by atoms with Crippen LogP contribution in [0.2, 0.25) is 0 Å². The molecule has 0 radical (unpaired) electrons. The molecule has 1 aromatic heterocycles. The second-order valence-electron chi connectivity index (χ2n) is 9.67. The van der Waals surface area contributed by atoms with Gasteiger partial charge in [-0.1, -0.05) is 72.6 Å². The standard InChI is InChI=1S/C28H30N6O2/c1-19(20-11-4-3-5-12-20)30-27(35)23-16-8-7-15-22(23)25-26(29-2)34(32-31-25)28(36)33-18-10-14-21-13-6-9-17-24(21)33/h3-5,7-8,11-12,15-16,19,21,24H,6,9-10,13-14,17-18H2,1H3,(H,30,35)/t19-,21?,24?/m1/s1. The van der Waals surface area contributed by atoms with Crippen LogP contribution in [0.5, 0.6) is 0 Å². The van der Waals surface area contributed by atoms with Crippen molar-refractivity contribution in [3.05, 3.63) is 77.1 Å². The van der Waals surface area contributed by atoms with Gasteiger partial charge in [-0.3, -0.25) is 4.79 Å². The van der Waals surface area contributed by atoms with Crippen LogP contribution in [0.4, 0.5) is 10.6 Å². The van der Waals surface area contributed by atoms with E-state index in [-0.39, 0.29) is 35.5 Å². The van der Waals surface area contributed by atoms with Gasteiger partial charge in [-0.15, -0.1) is 5.10 Å². The molecule has 36 heavy (non-hydrogen) atoms. The second kappa shape index (κ2) is 10.3. The zero-order valence-corrected chi connectivity index (χ0v) is 20.4. The van der Waals surface area contributed by atoms with Crippen molar-refractivity contribution in [3.63, 3.8) is 0 Å². The molecule has 2 aromatic carbocycles. The number of carbonyl (C=O) groups is 2. The van der Waals surface area contributed by atoms with Gasteiger partial charge in [-0.25, -0.2) is 4.79 Å². The zero-order chi connectivity index (χ0) is 25.1. The number of rotatable bonds is 4. The molecule has 1 aliphatic heterocycles. The molecule has 1 saturated carbocycles. The second-order valence-corrected chi connectivity index (χ2v) is 9.67. The Morgan fingerprint density at radius 3 is 2.56 bits per heavy atom. The maximum atomic E-state index is 13.6. The number of benzene rings is 2. The summed E-state index contributed by atoms with van der Waals surface area (Å²) in [6, 6.07) is 16.4. The summed E-state index contributed by atoms with van der Waals surface area (Å²) < 4.78 is 1.13. The number of hydrogen-bond acceptors (Lipinski definition) is 4. The Bertz CT molecular complexity index is 1290. The van der Waals surface area contributed by atoms with E-state index in [0.717, 1.165) is 42.3 Å². The van der Waals surface area contributed by atoms with Crippen molar-refractivity contribution >= 4 is 17.8 Å². The summed E-state index contributed by atoms with van der Waals surface area (Å²) in [7, 11) is 0. The molecular weight excluding hydrogens is 452 g/mol. The highest BCUT2D eigenvalue weighted by atomic mass is 16.2. The fourth-order valence-electron chi connectivity index (χ4n) is 5.65. The Morgan fingerprint density at radius 2 is 1.75 bits per heavy atom. The monoisotopic (exact) mass is 482 g/mol. The van der Waals surface area contributed by atoms with Gasteiger partial charge in [-0.2, -0.15) is 0 Å². The van der Waals surface area contributed by atoms with Gasteiger partial charge in [-0.05, 0) is 50.2 Å². The highest BCUT2D eigenvalue weighted by molar-refractivity contribution is 6.02. The van der Waals surface area contributed by atoms with Crippen LogP contribution < -0.4 is 5.32 Å². The lowest BCUT2D eigenvalue weighted by Gasteiger charge is -2.42. The van der Waals surface area contributed by atoms with Crippen molar-refractivity contribution in [2.45, 2.75) is 57.5 Å². The van der Waals surface area contributed by atoms with Gasteiger partial charge < -0.3 is 15.1 Å². The summed E-state index contributed by atoms with van der Waals surface area (Å²) >= 11 is 0. The lowest BCUT2D eigenvalue weighted by atomic mass is 9.78. The summed E-state index contributed by atoms with van der Waals surface area (Å²) in [5, 5.41) is 11.4. The fraction of sp³-hybridized carbons (Fsp3) is 0.393. The Hall–Kier alpha value is -3.99. The van der Waals surface area contributed by atoms with Gasteiger partial charge in [0.15, 0.2) is 0 Å². The number of piperidine rings is 1. The summed E-state index contributed by atoms with van der Waals surface area (Å²) in [5.74, 6) is 0.279. The molecule has 0 bridgehead atoms. The number of carbonyl (C=O) groups excluding carboxylic acids is 2. The SMILES string of the molecule is [C-]#[N+]c1c(-c2ccccc2C(=O)N[C@H](C)c2ccccc2)nnn1C(=O)N1CCCC2CCCCC21. The van der Waals surface area contributed by atoms with Crippen LogP contribution in [0.3, 0.4) is 0 Å². The van der Waals surface area contributed by atoms with Crippen LogP contribution in [0.25, 0.3) is 16.1 Å². The number of aromatic nitrogens is 3. The number of nitrogens with zero attached hydrogens (tertiary/aromatic N) is 5. The molecular formula is C28H30N6O2. The maximum Gasteiger partial charge on any atom is 0.423 e. The normalized spacial score (nSPS) is 20.2. The van der Waals surface area contributed by atoms with Crippen LogP contribution in [0.1, 0.15) is 67.4 Å². The number of nitrogens with one attached hydrogen (secondary N) is 1. The van der Waals surface area contributed by atoms with E-state index in [0.29, 0.717) is 23.6 Å². The van der Waals surface area contributed by atoms with Crippen molar-refractivity contribution < 1.29 is 9.59 Å². The van der Waals surface area contributed by atoms with Gasteiger partial charge in [0.2, 0.25) is 0 Å². The summed E-state index contributed by atoms with van der Waals surface area (Å²) in [6.45, 7) is 10.4. The van der Waals surface area contributed by atoms with E-state index >= 15 is 0 Å². The third-order valence-electron chi connectivity index (χ3n) is 7.50. The molecule has 2 heterocycles. The predicted octanol–water partition coefficient (Wildman–Crippen LogP) is 5.61. The molecule has 2 aliphatic rings. The van der Waals surface area contributed by atoms with E-state index < -0.39 is 0 Å². The average Bonchev–Trinajstić information content (AvgIpc) is 3.36. The first-order valence-corrected chi connectivity index (χ1v) is 12.7. The molecule has 1 aliphatic carbocycles. The molecule has 8 heteroatoms. The van der Waals surface area contributed by atoms with Crippen molar-refractivity contribution in [3.8, 4) is 11.3 Å². The maximum absolute atomic E-state index is 13.6. The molecule has 1 N–H and O–H groups in total. The van der Waals surface area contributed by atoms with Crippen LogP contribution in [0, 0.1) is 12.5 Å². The van der Waals surface area contributed by atoms with Crippen LogP contribution in [0.15, 0.2) is 54.6 Å². The largest absolute Gasteiger partial charge is 0.423 e. The fourth-order valence-corrected chi connectivity index (χ4v) is 5.65. The molecule has 8 nitrogen and oxygen atoms in total. The molecule has 2 amide bonds.